The summed E-state index contributed by atoms with van der Waals surface area (Å²) in [5.41, 5.74) is 1.42. The number of nitrogens with one attached hydrogen (secondary N) is 1. The molecule has 0 aliphatic carbocycles. The van der Waals surface area contributed by atoms with Crippen molar-refractivity contribution < 1.29 is 0 Å². The molecule has 0 atom stereocenters. The van der Waals surface area contributed by atoms with E-state index in [1.165, 1.54) is 15.3 Å². The van der Waals surface area contributed by atoms with E-state index in [-0.39, 0.29) is 0 Å². The smallest absolute Gasteiger partial charge is 0.0300 e. The summed E-state index contributed by atoms with van der Waals surface area (Å²) in [6, 6.07) is 15.1. The van der Waals surface area contributed by atoms with Crippen LogP contribution in [0.2, 0.25) is 0 Å². The lowest BCUT2D eigenvalue weighted by molar-refractivity contribution is 0.335. The second-order valence-electron chi connectivity index (χ2n) is 5.23. The third-order valence-corrected chi connectivity index (χ3v) is 4.39. The Morgan fingerprint density at radius 3 is 2.55 bits per heavy atom. The molecule has 3 heteroatoms. The molecule has 0 spiro atoms. The first kappa shape index (κ1) is 15.2. The number of aryl methyl sites for hydroxylation is 1. The zero-order valence-corrected chi connectivity index (χ0v) is 13.2. The van der Waals surface area contributed by atoms with Gasteiger partial charge in [0.1, 0.15) is 0 Å². The highest BCUT2D eigenvalue weighted by atomic mass is 32.1. The highest BCUT2D eigenvalue weighted by molar-refractivity contribution is 7.11. The number of benzene rings is 1. The van der Waals surface area contributed by atoms with E-state index in [9.17, 15) is 0 Å². The van der Waals surface area contributed by atoms with Crippen molar-refractivity contribution in [1.29, 1.82) is 0 Å². The number of thiophene rings is 1. The summed E-state index contributed by atoms with van der Waals surface area (Å²) in [7, 11) is 2.19. The highest BCUT2D eigenvalue weighted by Crippen LogP contribution is 2.14. The van der Waals surface area contributed by atoms with Gasteiger partial charge >= 0.3 is 0 Å². The quantitative estimate of drug-likeness (QED) is 0.750. The molecular weight excluding hydrogens is 264 g/mol. The Labute approximate surface area is 126 Å². The van der Waals surface area contributed by atoms with Gasteiger partial charge in [-0.05, 0) is 38.1 Å². The van der Waals surface area contributed by atoms with Crippen LogP contribution < -0.4 is 5.32 Å². The fourth-order valence-corrected chi connectivity index (χ4v) is 3.00. The van der Waals surface area contributed by atoms with Crippen molar-refractivity contribution in [1.82, 2.24) is 10.2 Å². The molecule has 0 unspecified atom stereocenters. The number of likely N-dealkylation sites (N-methyl/N-ethyl adjacent to an activating group) is 1. The Morgan fingerprint density at radius 2 is 1.85 bits per heavy atom. The minimum absolute atomic E-state index is 0.991. The highest BCUT2D eigenvalue weighted by Gasteiger charge is 2.00. The van der Waals surface area contributed by atoms with Gasteiger partial charge in [-0.2, -0.15) is 0 Å². The molecule has 0 amide bonds. The maximum absolute atomic E-state index is 3.51. The molecule has 2 nitrogen and oxygen atoms in total. The lowest BCUT2D eigenvalue weighted by Gasteiger charge is -2.16. The molecule has 0 saturated carbocycles. The van der Waals surface area contributed by atoms with Crippen LogP contribution in [0.1, 0.15) is 15.3 Å². The average molecular weight is 288 g/mol. The predicted octanol–water partition coefficient (Wildman–Crippen LogP) is 3.32. The predicted molar refractivity (Wildman–Crippen MR) is 88.4 cm³/mol. The van der Waals surface area contributed by atoms with Crippen molar-refractivity contribution in [3.05, 3.63) is 57.8 Å². The molecule has 0 bridgehead atoms. The second-order valence-corrected chi connectivity index (χ2v) is 6.60. The molecule has 1 aromatic heterocycles. The van der Waals surface area contributed by atoms with Crippen molar-refractivity contribution in [2.45, 2.75) is 19.9 Å². The van der Waals surface area contributed by atoms with E-state index in [1.54, 1.807) is 0 Å². The molecule has 0 radical (unpaired) electrons. The van der Waals surface area contributed by atoms with Gasteiger partial charge in [-0.25, -0.2) is 0 Å². The zero-order chi connectivity index (χ0) is 14.2. The fraction of sp³-hybridized carbons (Fsp3) is 0.412. The third-order valence-electron chi connectivity index (χ3n) is 3.39. The first-order valence-electron chi connectivity index (χ1n) is 7.22. The van der Waals surface area contributed by atoms with Crippen LogP contribution in [0.5, 0.6) is 0 Å². The standard InChI is InChI=1S/C17H24N2S/c1-15-8-9-17(20-15)14-18-11-13-19(2)12-10-16-6-4-3-5-7-16/h3-9,18H,10-14H2,1-2H3. The Kier molecular flexibility index (Phi) is 6.25. The van der Waals surface area contributed by atoms with Crippen molar-refractivity contribution in [3.8, 4) is 0 Å². The summed E-state index contributed by atoms with van der Waals surface area (Å²) >= 11 is 1.88. The Morgan fingerprint density at radius 1 is 1.05 bits per heavy atom. The average Bonchev–Trinajstić information content (AvgIpc) is 2.88. The topological polar surface area (TPSA) is 15.3 Å². The summed E-state index contributed by atoms with van der Waals surface area (Å²) in [6.07, 6.45) is 1.13. The van der Waals surface area contributed by atoms with Crippen molar-refractivity contribution >= 4 is 11.3 Å². The number of nitrogens with zero attached hydrogens (tertiary/aromatic N) is 1. The Hall–Kier alpha value is -1.16. The molecular formula is C17H24N2S. The maximum atomic E-state index is 3.51. The number of rotatable bonds is 8. The van der Waals surface area contributed by atoms with Crippen LogP contribution in [0.25, 0.3) is 0 Å². The van der Waals surface area contributed by atoms with Crippen molar-refractivity contribution in [3.63, 3.8) is 0 Å². The summed E-state index contributed by atoms with van der Waals surface area (Å²) in [4.78, 5) is 5.20. The van der Waals surface area contributed by atoms with Crippen LogP contribution in [0.4, 0.5) is 0 Å². The van der Waals surface area contributed by atoms with E-state index in [1.807, 2.05) is 11.3 Å². The fourth-order valence-electron chi connectivity index (χ4n) is 2.14. The van der Waals surface area contributed by atoms with Crippen LogP contribution >= 0.6 is 11.3 Å². The van der Waals surface area contributed by atoms with Crippen LogP contribution in [-0.4, -0.2) is 31.6 Å². The summed E-state index contributed by atoms with van der Waals surface area (Å²) in [5, 5.41) is 3.51. The first-order valence-corrected chi connectivity index (χ1v) is 8.04. The Bertz CT molecular complexity index is 493. The van der Waals surface area contributed by atoms with Crippen LogP contribution in [0.15, 0.2) is 42.5 Å². The van der Waals surface area contributed by atoms with E-state index in [0.717, 1.165) is 32.6 Å². The minimum Gasteiger partial charge on any atom is -0.311 e. The first-order chi connectivity index (χ1) is 9.74. The summed E-state index contributed by atoms with van der Waals surface area (Å²) in [6.45, 7) is 6.40. The molecule has 2 aromatic rings. The van der Waals surface area contributed by atoms with Gasteiger partial charge in [0, 0.05) is 35.9 Å². The monoisotopic (exact) mass is 288 g/mol. The number of hydrogen-bond donors (Lipinski definition) is 1. The van der Waals surface area contributed by atoms with Crippen LogP contribution in [-0.2, 0) is 13.0 Å². The van der Waals surface area contributed by atoms with Gasteiger partial charge in [-0.3, -0.25) is 0 Å². The van der Waals surface area contributed by atoms with E-state index in [4.69, 9.17) is 0 Å². The normalized spacial score (nSPS) is 11.2. The lowest BCUT2D eigenvalue weighted by atomic mass is 10.1. The largest absolute Gasteiger partial charge is 0.311 e. The van der Waals surface area contributed by atoms with Crippen LogP contribution in [0.3, 0.4) is 0 Å². The van der Waals surface area contributed by atoms with Crippen LogP contribution in [0, 0.1) is 6.92 Å². The van der Waals surface area contributed by atoms with Gasteiger partial charge in [-0.1, -0.05) is 30.3 Å². The molecule has 0 aliphatic rings. The minimum atomic E-state index is 0.991. The third kappa shape index (κ3) is 5.45. The lowest BCUT2D eigenvalue weighted by Crippen LogP contribution is -2.30. The van der Waals surface area contributed by atoms with E-state index < -0.39 is 0 Å². The molecule has 1 heterocycles. The number of hydrogen-bond acceptors (Lipinski definition) is 3. The maximum Gasteiger partial charge on any atom is 0.0300 e. The Balaban J connectivity index is 1.57. The second kappa shape index (κ2) is 8.20. The van der Waals surface area contributed by atoms with E-state index >= 15 is 0 Å². The molecule has 1 N–H and O–H groups in total. The summed E-state index contributed by atoms with van der Waals surface area (Å²) in [5.74, 6) is 0. The van der Waals surface area contributed by atoms with Gasteiger partial charge in [-0.15, -0.1) is 11.3 Å². The van der Waals surface area contributed by atoms with Crippen molar-refractivity contribution in [2.75, 3.05) is 26.7 Å². The molecule has 0 fully saturated rings. The van der Waals surface area contributed by atoms with Gasteiger partial charge in [0.2, 0.25) is 0 Å². The van der Waals surface area contributed by atoms with Gasteiger partial charge in [0.15, 0.2) is 0 Å². The van der Waals surface area contributed by atoms with Crippen molar-refractivity contribution in [2.24, 2.45) is 0 Å². The SMILES string of the molecule is Cc1ccc(CNCCN(C)CCc2ccccc2)s1. The van der Waals surface area contributed by atoms with E-state index in [2.05, 4.69) is 66.7 Å². The molecule has 2 rings (SSSR count). The van der Waals surface area contributed by atoms with E-state index in [0.29, 0.717) is 0 Å². The summed E-state index contributed by atoms with van der Waals surface area (Å²) < 4.78 is 0. The van der Waals surface area contributed by atoms with Gasteiger partial charge in [0.25, 0.3) is 0 Å². The van der Waals surface area contributed by atoms with Gasteiger partial charge < -0.3 is 10.2 Å². The van der Waals surface area contributed by atoms with Gasteiger partial charge in [0.05, 0.1) is 0 Å². The molecule has 0 saturated heterocycles. The zero-order valence-electron chi connectivity index (χ0n) is 12.4. The molecule has 0 aliphatic heterocycles. The molecule has 20 heavy (non-hydrogen) atoms. The molecule has 1 aromatic carbocycles. The molecule has 108 valence electrons.